The average Bonchev–Trinajstić information content (AvgIpc) is 2.97. The molecular formula is C31H38FN3O6S. The van der Waals surface area contributed by atoms with Gasteiger partial charge in [0.1, 0.15) is 18.4 Å². The van der Waals surface area contributed by atoms with E-state index in [9.17, 15) is 22.4 Å². The van der Waals surface area contributed by atoms with Gasteiger partial charge >= 0.3 is 0 Å². The zero-order valence-electron chi connectivity index (χ0n) is 24.8. The summed E-state index contributed by atoms with van der Waals surface area (Å²) in [6.07, 6.45) is 0. The van der Waals surface area contributed by atoms with Crippen LogP contribution in [-0.2, 0) is 26.2 Å². The number of carbonyl (C=O) groups excluding carboxylic acids is 2. The van der Waals surface area contributed by atoms with Crippen molar-refractivity contribution in [1.29, 1.82) is 0 Å². The van der Waals surface area contributed by atoms with E-state index in [-0.39, 0.29) is 34.7 Å². The van der Waals surface area contributed by atoms with E-state index in [0.717, 1.165) is 9.87 Å². The van der Waals surface area contributed by atoms with Crippen molar-refractivity contribution in [2.24, 2.45) is 5.92 Å². The molecule has 0 aliphatic heterocycles. The van der Waals surface area contributed by atoms with Crippen LogP contribution in [0.25, 0.3) is 0 Å². The van der Waals surface area contributed by atoms with Gasteiger partial charge < -0.3 is 19.7 Å². The fourth-order valence-electron chi connectivity index (χ4n) is 4.17. The highest BCUT2D eigenvalue weighted by Gasteiger charge is 2.33. The SMILES string of the molecule is COc1ccc(S(=O)(=O)N(CC(=O)N(Cc2ccc(F)cc2)[C@@H](C)C(=O)NCC(C)C)c2ccc(C)cc2)cc1OC. The summed E-state index contributed by atoms with van der Waals surface area (Å²) in [4.78, 5) is 28.2. The lowest BCUT2D eigenvalue weighted by molar-refractivity contribution is -0.139. The van der Waals surface area contributed by atoms with E-state index in [1.165, 1.54) is 61.6 Å². The first-order valence-electron chi connectivity index (χ1n) is 13.5. The van der Waals surface area contributed by atoms with Crippen molar-refractivity contribution in [3.63, 3.8) is 0 Å². The first kappa shape index (κ1) is 32.4. The number of benzene rings is 3. The molecule has 1 N–H and O–H groups in total. The summed E-state index contributed by atoms with van der Waals surface area (Å²) in [5.41, 5.74) is 1.75. The summed E-state index contributed by atoms with van der Waals surface area (Å²) < 4.78 is 53.3. The third-order valence-corrected chi connectivity index (χ3v) is 8.43. The summed E-state index contributed by atoms with van der Waals surface area (Å²) in [6, 6.07) is 15.5. The Labute approximate surface area is 247 Å². The van der Waals surface area contributed by atoms with Crippen LogP contribution in [0.2, 0.25) is 0 Å². The van der Waals surface area contributed by atoms with Gasteiger partial charge in [-0.15, -0.1) is 0 Å². The van der Waals surface area contributed by atoms with Crippen LogP contribution >= 0.6 is 0 Å². The first-order valence-corrected chi connectivity index (χ1v) is 14.9. The summed E-state index contributed by atoms with van der Waals surface area (Å²) in [5.74, 6) is -0.694. The van der Waals surface area contributed by atoms with Crippen LogP contribution in [0, 0.1) is 18.7 Å². The molecule has 42 heavy (non-hydrogen) atoms. The van der Waals surface area contributed by atoms with E-state index >= 15 is 0 Å². The van der Waals surface area contributed by atoms with E-state index in [2.05, 4.69) is 5.32 Å². The van der Waals surface area contributed by atoms with Gasteiger partial charge in [0.05, 0.1) is 24.8 Å². The molecule has 1 atom stereocenters. The lowest BCUT2D eigenvalue weighted by atomic mass is 10.1. The molecule has 2 amide bonds. The minimum Gasteiger partial charge on any atom is -0.493 e. The molecular weight excluding hydrogens is 561 g/mol. The third kappa shape index (κ3) is 8.00. The Balaban J connectivity index is 2.04. The molecule has 9 nitrogen and oxygen atoms in total. The average molecular weight is 600 g/mol. The van der Waals surface area contributed by atoms with Crippen molar-refractivity contribution in [1.82, 2.24) is 10.2 Å². The van der Waals surface area contributed by atoms with E-state index in [4.69, 9.17) is 9.47 Å². The van der Waals surface area contributed by atoms with Gasteiger partial charge in [0.2, 0.25) is 11.8 Å². The molecule has 3 rings (SSSR count). The number of ether oxygens (including phenoxy) is 2. The number of anilines is 1. The smallest absolute Gasteiger partial charge is 0.264 e. The van der Waals surface area contributed by atoms with Gasteiger partial charge in [-0.05, 0) is 61.7 Å². The largest absolute Gasteiger partial charge is 0.493 e. The molecule has 0 saturated heterocycles. The maximum Gasteiger partial charge on any atom is 0.264 e. The van der Waals surface area contributed by atoms with Crippen LogP contribution in [0.5, 0.6) is 11.5 Å². The lowest BCUT2D eigenvalue weighted by Gasteiger charge is -2.32. The van der Waals surface area contributed by atoms with Gasteiger partial charge in [-0.2, -0.15) is 0 Å². The molecule has 11 heteroatoms. The van der Waals surface area contributed by atoms with Gasteiger partial charge in [0.25, 0.3) is 10.0 Å². The van der Waals surface area contributed by atoms with Crippen LogP contribution in [0.4, 0.5) is 10.1 Å². The molecule has 0 fully saturated rings. The first-order chi connectivity index (χ1) is 19.9. The number of aryl methyl sites for hydroxylation is 1. The maximum atomic E-state index is 14.1. The van der Waals surface area contributed by atoms with Crippen LogP contribution in [0.1, 0.15) is 31.9 Å². The molecule has 0 spiro atoms. The molecule has 0 aliphatic carbocycles. The number of amides is 2. The number of sulfonamides is 1. The minimum atomic E-state index is -4.30. The highest BCUT2D eigenvalue weighted by atomic mass is 32.2. The topological polar surface area (TPSA) is 105 Å². The highest BCUT2D eigenvalue weighted by Crippen LogP contribution is 2.32. The number of carbonyl (C=O) groups is 2. The van der Waals surface area contributed by atoms with E-state index in [1.807, 2.05) is 20.8 Å². The molecule has 0 bridgehead atoms. The fourth-order valence-corrected chi connectivity index (χ4v) is 5.60. The molecule has 0 radical (unpaired) electrons. The standard InChI is InChI=1S/C31H38FN3O6S/c1-21(2)18-33-31(37)23(4)34(19-24-9-11-25(32)12-10-24)30(36)20-35(26-13-7-22(3)8-14-26)42(38,39)27-15-16-28(40-5)29(17-27)41-6/h7-17,21,23H,18-20H2,1-6H3,(H,33,37)/t23-/m0/s1. The normalized spacial score (nSPS) is 12.0. The summed E-state index contributed by atoms with van der Waals surface area (Å²) in [5, 5.41) is 2.83. The van der Waals surface area contributed by atoms with Crippen LogP contribution in [0.3, 0.4) is 0 Å². The summed E-state index contributed by atoms with van der Waals surface area (Å²) in [7, 11) is -1.46. The van der Waals surface area contributed by atoms with E-state index in [0.29, 0.717) is 17.9 Å². The number of halogens is 1. The Morgan fingerprint density at radius 2 is 1.52 bits per heavy atom. The van der Waals surface area contributed by atoms with Crippen molar-refractivity contribution in [3.05, 3.63) is 83.7 Å². The summed E-state index contributed by atoms with van der Waals surface area (Å²) in [6.45, 7) is 7.12. The molecule has 3 aromatic rings. The number of nitrogens with one attached hydrogen (secondary N) is 1. The molecule has 0 heterocycles. The van der Waals surface area contributed by atoms with Gasteiger partial charge in [0, 0.05) is 19.2 Å². The van der Waals surface area contributed by atoms with Crippen LogP contribution < -0.4 is 19.1 Å². The zero-order chi connectivity index (χ0) is 31.0. The Hall–Kier alpha value is -4.12. The summed E-state index contributed by atoms with van der Waals surface area (Å²) >= 11 is 0. The Morgan fingerprint density at radius 3 is 2.10 bits per heavy atom. The molecule has 0 saturated carbocycles. The second-order valence-electron chi connectivity index (χ2n) is 10.3. The van der Waals surface area contributed by atoms with E-state index < -0.39 is 34.3 Å². The second-order valence-corrected chi connectivity index (χ2v) is 12.2. The van der Waals surface area contributed by atoms with Crippen LogP contribution in [0.15, 0.2) is 71.6 Å². The molecule has 0 aromatic heterocycles. The third-order valence-electron chi connectivity index (χ3n) is 6.66. The Morgan fingerprint density at radius 1 is 0.905 bits per heavy atom. The number of methoxy groups -OCH3 is 2. The lowest BCUT2D eigenvalue weighted by Crippen LogP contribution is -2.51. The monoisotopic (exact) mass is 599 g/mol. The quantitative estimate of drug-likeness (QED) is 0.310. The number of nitrogens with zero attached hydrogens (tertiary/aromatic N) is 2. The van der Waals surface area contributed by atoms with Crippen molar-refractivity contribution < 1.29 is 31.9 Å². The van der Waals surface area contributed by atoms with Gasteiger partial charge in [-0.1, -0.05) is 43.7 Å². The van der Waals surface area contributed by atoms with Gasteiger partial charge in [0.15, 0.2) is 11.5 Å². The van der Waals surface area contributed by atoms with Crippen molar-refractivity contribution in [2.45, 2.75) is 45.2 Å². The van der Waals surface area contributed by atoms with Crippen molar-refractivity contribution in [2.75, 3.05) is 31.6 Å². The number of rotatable bonds is 13. The molecule has 0 aliphatic rings. The predicted molar refractivity (Wildman–Crippen MR) is 160 cm³/mol. The van der Waals surface area contributed by atoms with Gasteiger partial charge in [-0.25, -0.2) is 12.8 Å². The predicted octanol–water partition coefficient (Wildman–Crippen LogP) is 4.54. The van der Waals surface area contributed by atoms with Crippen LogP contribution in [-0.4, -0.2) is 58.5 Å². The Kier molecular flexibility index (Phi) is 10.9. The second kappa shape index (κ2) is 14.2. The van der Waals surface area contributed by atoms with Crippen molar-refractivity contribution in [3.8, 4) is 11.5 Å². The van der Waals surface area contributed by atoms with Gasteiger partial charge in [-0.3, -0.25) is 13.9 Å². The zero-order valence-corrected chi connectivity index (χ0v) is 25.6. The van der Waals surface area contributed by atoms with Crippen molar-refractivity contribution >= 4 is 27.5 Å². The molecule has 3 aromatic carbocycles. The Bertz CT molecular complexity index is 1480. The highest BCUT2D eigenvalue weighted by molar-refractivity contribution is 7.92. The molecule has 0 unspecified atom stereocenters. The minimum absolute atomic E-state index is 0.0342. The molecule has 226 valence electrons. The number of hydrogen-bond acceptors (Lipinski definition) is 6. The maximum absolute atomic E-state index is 14.1. The van der Waals surface area contributed by atoms with E-state index in [1.54, 1.807) is 31.2 Å². The number of hydrogen-bond donors (Lipinski definition) is 1. The fraction of sp³-hybridized carbons (Fsp3) is 0.355.